The molecular weight excluding hydrogens is 284 g/mol. The third kappa shape index (κ3) is 8.79. The lowest BCUT2D eigenvalue weighted by Gasteiger charge is -2.16. The number of rotatable bonds is 12. The van der Waals surface area contributed by atoms with Crippen molar-refractivity contribution in [1.29, 1.82) is 0 Å². The number of unbranched alkanes of at least 4 members (excludes halogenated alkanes) is 3. The summed E-state index contributed by atoms with van der Waals surface area (Å²) in [7, 11) is 0. The number of carboxylic acid groups (broad SMARTS) is 1. The molecule has 1 rings (SSSR count). The average Bonchev–Trinajstić information content (AvgIpc) is 2.49. The van der Waals surface area contributed by atoms with E-state index in [0.717, 1.165) is 31.4 Å². The van der Waals surface area contributed by atoms with E-state index < -0.39 is 5.97 Å². The van der Waals surface area contributed by atoms with E-state index in [9.17, 15) is 9.90 Å². The lowest BCUT2D eigenvalue weighted by Crippen LogP contribution is -2.02. The minimum absolute atomic E-state index is 0.215. The third-order valence-corrected chi connectivity index (χ3v) is 4.59. The van der Waals surface area contributed by atoms with Crippen molar-refractivity contribution in [2.24, 2.45) is 0 Å². The van der Waals surface area contributed by atoms with Crippen LogP contribution in [-0.2, 0) is 4.79 Å². The Balaban J connectivity index is 2.13. The van der Waals surface area contributed by atoms with Gasteiger partial charge in [0.15, 0.2) is 0 Å². The van der Waals surface area contributed by atoms with Gasteiger partial charge in [-0.15, -0.1) is 0 Å². The van der Waals surface area contributed by atoms with Crippen molar-refractivity contribution < 1.29 is 15.0 Å². The Labute approximate surface area is 131 Å². The van der Waals surface area contributed by atoms with Crippen LogP contribution < -0.4 is 0 Å². The molecule has 0 aromatic heterocycles. The molecular formula is C17H26O3S. The van der Waals surface area contributed by atoms with Gasteiger partial charge in [-0.3, -0.25) is 4.79 Å². The molecule has 0 spiro atoms. The van der Waals surface area contributed by atoms with Gasteiger partial charge >= 0.3 is 5.97 Å². The van der Waals surface area contributed by atoms with Crippen molar-refractivity contribution in [2.75, 3.05) is 18.1 Å². The smallest absolute Gasteiger partial charge is 0.313 e. The number of aliphatic carboxylic acids is 1. The van der Waals surface area contributed by atoms with Crippen molar-refractivity contribution in [3.8, 4) is 0 Å². The number of aliphatic hydroxyl groups is 1. The molecule has 2 N–H and O–H groups in total. The number of aliphatic hydroxyl groups excluding tert-OH is 1. The third-order valence-electron chi connectivity index (χ3n) is 3.57. The summed E-state index contributed by atoms with van der Waals surface area (Å²) in [5.74, 6) is 0.879. The van der Waals surface area contributed by atoms with Crippen LogP contribution >= 0.6 is 11.8 Å². The molecule has 0 heterocycles. The predicted molar refractivity (Wildman–Crippen MR) is 88.9 cm³/mol. The van der Waals surface area contributed by atoms with Crippen LogP contribution in [0.5, 0.6) is 0 Å². The van der Waals surface area contributed by atoms with Crippen LogP contribution in [0, 0.1) is 0 Å². The van der Waals surface area contributed by atoms with Crippen LogP contribution in [0.2, 0.25) is 0 Å². The molecule has 1 atom stereocenters. The van der Waals surface area contributed by atoms with Gasteiger partial charge in [-0.25, -0.2) is 0 Å². The predicted octanol–water partition coefficient (Wildman–Crippen LogP) is 3.92. The van der Waals surface area contributed by atoms with E-state index in [1.807, 2.05) is 6.07 Å². The zero-order valence-electron chi connectivity index (χ0n) is 12.5. The molecule has 0 saturated carbocycles. The van der Waals surface area contributed by atoms with Gasteiger partial charge in [-0.1, -0.05) is 49.6 Å². The topological polar surface area (TPSA) is 57.5 Å². The Morgan fingerprint density at radius 1 is 1.05 bits per heavy atom. The maximum absolute atomic E-state index is 10.4. The number of hydrogen-bond acceptors (Lipinski definition) is 3. The first-order chi connectivity index (χ1) is 10.2. The summed E-state index contributed by atoms with van der Waals surface area (Å²) >= 11 is 1.50. The standard InChI is InChI=1S/C17H26O3S/c18-12-11-16(15-8-5-3-6-9-15)10-4-1-2-7-13-21-14-17(19)20/h3,5-6,8-9,16,18H,1-2,4,7,10-14H2,(H,19,20). The monoisotopic (exact) mass is 310 g/mol. The highest BCUT2D eigenvalue weighted by molar-refractivity contribution is 7.99. The molecule has 0 aliphatic rings. The molecule has 21 heavy (non-hydrogen) atoms. The van der Waals surface area contributed by atoms with Crippen LogP contribution in [-0.4, -0.2) is 34.3 Å². The number of benzene rings is 1. The second kappa shape index (κ2) is 11.6. The molecule has 0 bridgehead atoms. The lowest BCUT2D eigenvalue weighted by atomic mass is 9.90. The summed E-state index contributed by atoms with van der Waals surface area (Å²) in [6.45, 7) is 0.241. The Hall–Kier alpha value is -1.00. The molecule has 118 valence electrons. The number of hydrogen-bond donors (Lipinski definition) is 2. The van der Waals surface area contributed by atoms with E-state index in [2.05, 4.69) is 24.3 Å². The van der Waals surface area contributed by atoms with Gasteiger partial charge in [0, 0.05) is 6.61 Å². The summed E-state index contributed by atoms with van der Waals surface area (Å²) in [6, 6.07) is 10.4. The lowest BCUT2D eigenvalue weighted by molar-refractivity contribution is -0.133. The summed E-state index contributed by atoms with van der Waals surface area (Å²) in [5.41, 5.74) is 1.32. The SMILES string of the molecule is O=C(O)CSCCCCCCC(CCO)c1ccccc1. The van der Waals surface area contributed by atoms with Crippen molar-refractivity contribution in [2.45, 2.75) is 44.4 Å². The van der Waals surface area contributed by atoms with Crippen molar-refractivity contribution in [3.05, 3.63) is 35.9 Å². The zero-order valence-corrected chi connectivity index (χ0v) is 13.4. The quantitative estimate of drug-likeness (QED) is 0.575. The van der Waals surface area contributed by atoms with Crippen LogP contribution in [0.1, 0.15) is 50.0 Å². The van der Waals surface area contributed by atoms with E-state index in [-0.39, 0.29) is 12.4 Å². The summed E-state index contributed by atoms with van der Waals surface area (Å²) < 4.78 is 0. The first kappa shape index (κ1) is 18.1. The summed E-state index contributed by atoms with van der Waals surface area (Å²) in [4.78, 5) is 10.4. The Kier molecular flexibility index (Phi) is 10.0. The van der Waals surface area contributed by atoms with Crippen molar-refractivity contribution in [1.82, 2.24) is 0 Å². The second-order valence-corrected chi connectivity index (χ2v) is 6.37. The molecule has 1 unspecified atom stereocenters. The van der Waals surface area contributed by atoms with Crippen LogP contribution in [0.3, 0.4) is 0 Å². The fourth-order valence-corrected chi connectivity index (χ4v) is 3.19. The summed E-state index contributed by atoms with van der Waals surface area (Å²) in [5, 5.41) is 17.7. The fraction of sp³-hybridized carbons (Fsp3) is 0.588. The van der Waals surface area contributed by atoms with E-state index in [4.69, 9.17) is 5.11 Å². The largest absolute Gasteiger partial charge is 0.481 e. The zero-order chi connectivity index (χ0) is 15.3. The minimum atomic E-state index is -0.727. The van der Waals surface area contributed by atoms with Crippen LogP contribution in [0.25, 0.3) is 0 Å². The van der Waals surface area contributed by atoms with E-state index >= 15 is 0 Å². The minimum Gasteiger partial charge on any atom is -0.481 e. The maximum Gasteiger partial charge on any atom is 0.313 e. The Morgan fingerprint density at radius 2 is 1.76 bits per heavy atom. The van der Waals surface area contributed by atoms with Gasteiger partial charge in [-0.2, -0.15) is 11.8 Å². The van der Waals surface area contributed by atoms with Gasteiger partial charge in [0.25, 0.3) is 0 Å². The molecule has 0 radical (unpaired) electrons. The van der Waals surface area contributed by atoms with E-state index in [1.54, 1.807) is 0 Å². The molecule has 0 amide bonds. The summed E-state index contributed by atoms with van der Waals surface area (Å²) in [6.07, 6.45) is 6.55. The molecule has 1 aromatic rings. The molecule has 0 saturated heterocycles. The molecule has 1 aromatic carbocycles. The van der Waals surface area contributed by atoms with Gasteiger partial charge in [0.05, 0.1) is 5.75 Å². The van der Waals surface area contributed by atoms with Crippen molar-refractivity contribution >= 4 is 17.7 Å². The number of thioether (sulfide) groups is 1. The average molecular weight is 310 g/mol. The van der Waals surface area contributed by atoms with Crippen molar-refractivity contribution in [3.63, 3.8) is 0 Å². The Bertz CT molecular complexity index is 381. The number of carbonyl (C=O) groups is 1. The van der Waals surface area contributed by atoms with Crippen LogP contribution in [0.15, 0.2) is 30.3 Å². The fourth-order valence-electron chi connectivity index (χ4n) is 2.47. The molecule has 3 nitrogen and oxygen atoms in total. The molecule has 0 fully saturated rings. The van der Waals surface area contributed by atoms with E-state index in [0.29, 0.717) is 5.92 Å². The van der Waals surface area contributed by atoms with Gasteiger partial charge in [-0.05, 0) is 36.5 Å². The Morgan fingerprint density at radius 3 is 2.43 bits per heavy atom. The van der Waals surface area contributed by atoms with Gasteiger partial charge in [0.1, 0.15) is 0 Å². The first-order valence-corrected chi connectivity index (χ1v) is 8.85. The van der Waals surface area contributed by atoms with E-state index in [1.165, 1.54) is 30.2 Å². The normalized spacial score (nSPS) is 12.2. The van der Waals surface area contributed by atoms with Gasteiger partial charge < -0.3 is 10.2 Å². The van der Waals surface area contributed by atoms with Gasteiger partial charge in [0.2, 0.25) is 0 Å². The molecule has 0 aliphatic heterocycles. The highest BCUT2D eigenvalue weighted by atomic mass is 32.2. The molecule has 4 heteroatoms. The highest BCUT2D eigenvalue weighted by Crippen LogP contribution is 2.25. The van der Waals surface area contributed by atoms with Crippen LogP contribution in [0.4, 0.5) is 0 Å². The first-order valence-electron chi connectivity index (χ1n) is 7.69. The highest BCUT2D eigenvalue weighted by Gasteiger charge is 2.10. The molecule has 0 aliphatic carbocycles. The number of carboxylic acids is 1. The second-order valence-electron chi connectivity index (χ2n) is 5.27. The maximum atomic E-state index is 10.4.